The maximum Gasteiger partial charge on any atom is 0.255 e. The molecule has 0 saturated carbocycles. The maximum absolute atomic E-state index is 12.2. The van der Waals surface area contributed by atoms with Crippen molar-refractivity contribution >= 4 is 46.6 Å². The number of carbonyl (C=O) groups is 1. The van der Waals surface area contributed by atoms with Gasteiger partial charge in [-0.1, -0.05) is 43.1 Å². The van der Waals surface area contributed by atoms with E-state index in [0.29, 0.717) is 26.5 Å². The molecule has 2 aromatic carbocycles. The molecule has 2 nitrogen and oxygen atoms in total. The van der Waals surface area contributed by atoms with Crippen LogP contribution in [0.5, 0.6) is 0 Å². The van der Waals surface area contributed by atoms with Gasteiger partial charge in [0.15, 0.2) is 0 Å². The van der Waals surface area contributed by atoms with Gasteiger partial charge in [0.1, 0.15) is 0 Å². The summed E-state index contributed by atoms with van der Waals surface area (Å²) in [4.78, 5) is 13.3. The minimum absolute atomic E-state index is 0.208. The lowest BCUT2D eigenvalue weighted by Crippen LogP contribution is -2.12. The van der Waals surface area contributed by atoms with Crippen molar-refractivity contribution in [2.45, 2.75) is 24.0 Å². The van der Waals surface area contributed by atoms with Crippen LogP contribution in [0, 0.1) is 0 Å². The summed E-state index contributed by atoms with van der Waals surface area (Å²) in [5.74, 6) is -0.208. The SMILES string of the molecule is CC(C)Sc1ccc(C(=O)Nc2cccc(Cl)c2Cl)cc1. The van der Waals surface area contributed by atoms with Crippen LogP contribution in [0.4, 0.5) is 5.69 Å². The molecule has 110 valence electrons. The van der Waals surface area contributed by atoms with E-state index in [1.54, 1.807) is 42.1 Å². The zero-order valence-electron chi connectivity index (χ0n) is 11.7. The molecule has 0 radical (unpaired) electrons. The van der Waals surface area contributed by atoms with Crippen molar-refractivity contribution in [1.29, 1.82) is 0 Å². The fraction of sp³-hybridized carbons (Fsp3) is 0.188. The van der Waals surface area contributed by atoms with E-state index < -0.39 is 0 Å². The van der Waals surface area contributed by atoms with E-state index in [2.05, 4.69) is 19.2 Å². The van der Waals surface area contributed by atoms with Crippen LogP contribution in [-0.2, 0) is 0 Å². The molecule has 5 heteroatoms. The van der Waals surface area contributed by atoms with Gasteiger partial charge in [-0.25, -0.2) is 0 Å². The van der Waals surface area contributed by atoms with Gasteiger partial charge >= 0.3 is 0 Å². The third kappa shape index (κ3) is 4.40. The quantitative estimate of drug-likeness (QED) is 0.719. The Morgan fingerprint density at radius 1 is 1.10 bits per heavy atom. The summed E-state index contributed by atoms with van der Waals surface area (Å²) in [6, 6.07) is 12.6. The van der Waals surface area contributed by atoms with Crippen molar-refractivity contribution in [2.75, 3.05) is 5.32 Å². The lowest BCUT2D eigenvalue weighted by atomic mass is 10.2. The lowest BCUT2D eigenvalue weighted by molar-refractivity contribution is 0.102. The highest BCUT2D eigenvalue weighted by molar-refractivity contribution is 7.99. The van der Waals surface area contributed by atoms with Gasteiger partial charge in [-0.3, -0.25) is 4.79 Å². The molecular formula is C16H15Cl2NOS. The number of rotatable bonds is 4. The first-order valence-corrected chi connectivity index (χ1v) is 8.13. The van der Waals surface area contributed by atoms with Crippen molar-refractivity contribution in [3.63, 3.8) is 0 Å². The molecule has 0 fully saturated rings. The number of hydrogen-bond donors (Lipinski definition) is 1. The van der Waals surface area contributed by atoms with Crippen LogP contribution >= 0.6 is 35.0 Å². The number of benzene rings is 2. The molecule has 0 heterocycles. The van der Waals surface area contributed by atoms with Gasteiger partial charge in [0.05, 0.1) is 15.7 Å². The highest BCUT2D eigenvalue weighted by Gasteiger charge is 2.10. The smallest absolute Gasteiger partial charge is 0.255 e. The summed E-state index contributed by atoms with van der Waals surface area (Å²) in [7, 11) is 0. The second kappa shape index (κ2) is 7.21. The summed E-state index contributed by atoms with van der Waals surface area (Å²) in [5.41, 5.74) is 1.09. The van der Waals surface area contributed by atoms with E-state index in [1.165, 1.54) is 0 Å². The first-order chi connectivity index (χ1) is 9.97. The van der Waals surface area contributed by atoms with Crippen LogP contribution in [0.25, 0.3) is 0 Å². The second-order valence-electron chi connectivity index (χ2n) is 4.75. The summed E-state index contributed by atoms with van der Waals surface area (Å²) in [5, 5.41) is 4.04. The van der Waals surface area contributed by atoms with Gasteiger partial charge in [-0.2, -0.15) is 0 Å². The molecule has 2 rings (SSSR count). The van der Waals surface area contributed by atoms with Crippen LogP contribution in [0.3, 0.4) is 0 Å². The zero-order chi connectivity index (χ0) is 15.4. The van der Waals surface area contributed by atoms with Crippen molar-refractivity contribution in [3.8, 4) is 0 Å². The Morgan fingerprint density at radius 2 is 1.76 bits per heavy atom. The largest absolute Gasteiger partial charge is 0.321 e. The van der Waals surface area contributed by atoms with E-state index in [0.717, 1.165) is 4.90 Å². The third-order valence-electron chi connectivity index (χ3n) is 2.69. The predicted molar refractivity (Wildman–Crippen MR) is 91.9 cm³/mol. The molecule has 21 heavy (non-hydrogen) atoms. The Kier molecular flexibility index (Phi) is 5.57. The molecule has 0 aliphatic rings. The summed E-state index contributed by atoms with van der Waals surface area (Å²) in [6.45, 7) is 4.26. The van der Waals surface area contributed by atoms with Gasteiger partial charge < -0.3 is 5.32 Å². The lowest BCUT2D eigenvalue weighted by Gasteiger charge is -2.09. The third-order valence-corrected chi connectivity index (χ3v) is 4.52. The van der Waals surface area contributed by atoms with Gasteiger partial charge in [0.2, 0.25) is 0 Å². The topological polar surface area (TPSA) is 29.1 Å². The predicted octanol–water partition coefficient (Wildman–Crippen LogP) is 5.75. The normalized spacial score (nSPS) is 10.7. The molecule has 0 saturated heterocycles. The monoisotopic (exact) mass is 339 g/mol. The van der Waals surface area contributed by atoms with Gasteiger partial charge in [-0.05, 0) is 36.4 Å². The highest BCUT2D eigenvalue weighted by atomic mass is 35.5. The Hall–Kier alpha value is -1.16. The van der Waals surface area contributed by atoms with E-state index in [1.807, 2.05) is 12.1 Å². The molecule has 0 unspecified atom stereocenters. The summed E-state index contributed by atoms with van der Waals surface area (Å²) >= 11 is 13.7. The fourth-order valence-electron chi connectivity index (χ4n) is 1.75. The molecular weight excluding hydrogens is 325 g/mol. The molecule has 0 atom stereocenters. The fourth-order valence-corrected chi connectivity index (χ4v) is 2.94. The van der Waals surface area contributed by atoms with Crippen LogP contribution in [-0.4, -0.2) is 11.2 Å². The molecule has 2 aromatic rings. The van der Waals surface area contributed by atoms with Crippen molar-refractivity contribution in [2.24, 2.45) is 0 Å². The highest BCUT2D eigenvalue weighted by Crippen LogP contribution is 2.30. The molecule has 0 aliphatic heterocycles. The minimum atomic E-state index is -0.208. The second-order valence-corrected chi connectivity index (χ2v) is 7.18. The van der Waals surface area contributed by atoms with Gasteiger partial charge in [-0.15, -0.1) is 11.8 Å². The number of halogens is 2. The van der Waals surface area contributed by atoms with Crippen LogP contribution in [0.2, 0.25) is 10.0 Å². The van der Waals surface area contributed by atoms with Crippen molar-refractivity contribution in [3.05, 3.63) is 58.1 Å². The Labute approximate surface area is 138 Å². The molecule has 0 spiro atoms. The number of hydrogen-bond acceptors (Lipinski definition) is 2. The first kappa shape index (κ1) is 16.2. The van der Waals surface area contributed by atoms with E-state index in [9.17, 15) is 4.79 Å². The number of amides is 1. The first-order valence-electron chi connectivity index (χ1n) is 6.49. The van der Waals surface area contributed by atoms with E-state index >= 15 is 0 Å². The molecule has 0 aromatic heterocycles. The standard InChI is InChI=1S/C16H15Cl2NOS/c1-10(2)21-12-8-6-11(7-9-12)16(20)19-14-5-3-4-13(17)15(14)18/h3-10H,1-2H3,(H,19,20). The number of nitrogens with one attached hydrogen (secondary N) is 1. The van der Waals surface area contributed by atoms with Crippen molar-refractivity contribution in [1.82, 2.24) is 0 Å². The van der Waals surface area contributed by atoms with E-state index in [-0.39, 0.29) is 5.91 Å². The maximum atomic E-state index is 12.2. The number of carbonyl (C=O) groups excluding carboxylic acids is 1. The van der Waals surface area contributed by atoms with Gasteiger partial charge in [0.25, 0.3) is 5.91 Å². The van der Waals surface area contributed by atoms with E-state index in [4.69, 9.17) is 23.2 Å². The van der Waals surface area contributed by atoms with Crippen molar-refractivity contribution < 1.29 is 4.79 Å². The van der Waals surface area contributed by atoms with Crippen LogP contribution in [0.15, 0.2) is 47.4 Å². The minimum Gasteiger partial charge on any atom is -0.321 e. The molecule has 1 N–H and O–H groups in total. The molecule has 1 amide bonds. The summed E-state index contributed by atoms with van der Waals surface area (Å²) < 4.78 is 0. The van der Waals surface area contributed by atoms with Crippen LogP contribution < -0.4 is 5.32 Å². The molecule has 0 bridgehead atoms. The average Bonchev–Trinajstić information content (AvgIpc) is 2.44. The number of thioether (sulfide) groups is 1. The average molecular weight is 340 g/mol. The Bertz CT molecular complexity index is 641. The summed E-state index contributed by atoms with van der Waals surface area (Å²) in [6.07, 6.45) is 0. The zero-order valence-corrected chi connectivity index (χ0v) is 14.0. The Balaban J connectivity index is 2.11. The Morgan fingerprint density at radius 3 is 2.38 bits per heavy atom. The number of anilines is 1. The molecule has 0 aliphatic carbocycles. The van der Waals surface area contributed by atoms with Crippen LogP contribution in [0.1, 0.15) is 24.2 Å². The van der Waals surface area contributed by atoms with Gasteiger partial charge in [0, 0.05) is 15.7 Å².